The highest BCUT2D eigenvalue weighted by atomic mass is 19.4. The molecule has 0 radical (unpaired) electrons. The van der Waals surface area contributed by atoms with Crippen molar-refractivity contribution >= 4 is 12.1 Å². The second-order valence-electron chi connectivity index (χ2n) is 7.86. The Bertz CT molecular complexity index is 712. The largest absolute Gasteiger partial charge is 0.492 e. The minimum absolute atomic E-state index is 0.0249. The molecular weight excluding hydrogens is 455 g/mol. The maximum absolute atomic E-state index is 12.3. The van der Waals surface area contributed by atoms with E-state index < -0.39 is 30.8 Å². The van der Waals surface area contributed by atoms with Crippen molar-refractivity contribution < 1.29 is 42.1 Å². The van der Waals surface area contributed by atoms with Gasteiger partial charge in [0.2, 0.25) is 0 Å². The number of carbonyl (C=O) groups excluding carboxylic acids is 1. The van der Waals surface area contributed by atoms with Crippen LogP contribution in [0.5, 0.6) is 5.75 Å². The molecule has 0 saturated carbocycles. The number of hydrogen-bond donors (Lipinski definition) is 1. The minimum Gasteiger partial charge on any atom is -0.492 e. The van der Waals surface area contributed by atoms with E-state index >= 15 is 0 Å². The number of unbranched alkanes of at least 4 members (excludes halogenated alkanes) is 3. The number of aliphatic carboxylic acids is 1. The molecule has 1 unspecified atom stereocenters. The van der Waals surface area contributed by atoms with Gasteiger partial charge in [0.25, 0.3) is 0 Å². The standard InChI is InChI=1S/C24H36F3NO6/c1-3-5-16-34-23(31)28(14-8-6-7-13-24(25,26)27)15-17-33-20-11-9-19(10-12-20)18-21(22(29)30)32-4-2/h9-12,21H,3-8,13-18H2,1-2H3,(H,29,30). The van der Waals surface area contributed by atoms with Gasteiger partial charge in [-0.05, 0) is 43.9 Å². The number of ether oxygens (including phenoxy) is 3. The third-order valence-electron chi connectivity index (χ3n) is 4.99. The highest BCUT2D eigenvalue weighted by molar-refractivity contribution is 5.72. The predicted octanol–water partition coefficient (Wildman–Crippen LogP) is 5.46. The Hall–Kier alpha value is -2.49. The summed E-state index contributed by atoms with van der Waals surface area (Å²) in [6.07, 6.45) is -3.74. The van der Waals surface area contributed by atoms with E-state index in [1.165, 1.54) is 4.90 Å². The number of rotatable bonds is 17. The maximum atomic E-state index is 12.3. The molecule has 194 valence electrons. The van der Waals surface area contributed by atoms with E-state index in [4.69, 9.17) is 14.2 Å². The van der Waals surface area contributed by atoms with Crippen LogP contribution in [0.3, 0.4) is 0 Å². The Morgan fingerprint density at radius 3 is 2.29 bits per heavy atom. The maximum Gasteiger partial charge on any atom is 0.409 e. The van der Waals surface area contributed by atoms with Crippen molar-refractivity contribution in [3.05, 3.63) is 29.8 Å². The average molecular weight is 492 g/mol. The Labute approximate surface area is 199 Å². The highest BCUT2D eigenvalue weighted by Crippen LogP contribution is 2.22. The first-order chi connectivity index (χ1) is 16.2. The second-order valence-corrected chi connectivity index (χ2v) is 7.86. The molecule has 1 amide bonds. The predicted molar refractivity (Wildman–Crippen MR) is 121 cm³/mol. The van der Waals surface area contributed by atoms with Crippen LogP contribution in [0, 0.1) is 0 Å². The molecule has 0 spiro atoms. The highest BCUT2D eigenvalue weighted by Gasteiger charge is 2.26. The van der Waals surface area contributed by atoms with Crippen molar-refractivity contribution in [3.63, 3.8) is 0 Å². The first-order valence-corrected chi connectivity index (χ1v) is 11.7. The Kier molecular flexibility index (Phi) is 14.1. The molecule has 0 fully saturated rings. The Balaban J connectivity index is 2.53. The van der Waals surface area contributed by atoms with Crippen LogP contribution in [-0.4, -0.2) is 67.3 Å². The minimum atomic E-state index is -4.17. The molecule has 1 aromatic carbocycles. The summed E-state index contributed by atoms with van der Waals surface area (Å²) < 4.78 is 53.0. The lowest BCUT2D eigenvalue weighted by Gasteiger charge is -2.22. The lowest BCUT2D eigenvalue weighted by atomic mass is 10.1. The molecule has 1 N–H and O–H groups in total. The molecule has 0 aliphatic heterocycles. The van der Waals surface area contributed by atoms with E-state index in [0.717, 1.165) is 18.4 Å². The van der Waals surface area contributed by atoms with E-state index in [1.54, 1.807) is 31.2 Å². The molecular formula is C24H36F3NO6. The van der Waals surface area contributed by atoms with Crippen molar-refractivity contribution in [3.8, 4) is 5.75 Å². The third-order valence-corrected chi connectivity index (χ3v) is 4.99. The van der Waals surface area contributed by atoms with E-state index in [0.29, 0.717) is 38.3 Å². The van der Waals surface area contributed by atoms with E-state index in [1.807, 2.05) is 6.92 Å². The number of carboxylic acid groups (broad SMARTS) is 1. The summed E-state index contributed by atoms with van der Waals surface area (Å²) in [4.78, 5) is 25.0. The smallest absolute Gasteiger partial charge is 0.409 e. The van der Waals surface area contributed by atoms with Gasteiger partial charge in [0, 0.05) is 26.0 Å². The van der Waals surface area contributed by atoms with Crippen LogP contribution in [0.1, 0.15) is 57.9 Å². The van der Waals surface area contributed by atoms with Gasteiger partial charge < -0.3 is 24.2 Å². The van der Waals surface area contributed by atoms with Crippen molar-refractivity contribution in [2.75, 3.05) is 32.9 Å². The lowest BCUT2D eigenvalue weighted by Crippen LogP contribution is -2.36. The Morgan fingerprint density at radius 2 is 1.71 bits per heavy atom. The zero-order valence-corrected chi connectivity index (χ0v) is 19.9. The number of carbonyl (C=O) groups is 2. The van der Waals surface area contributed by atoms with Gasteiger partial charge in [-0.15, -0.1) is 0 Å². The van der Waals surface area contributed by atoms with Crippen molar-refractivity contribution in [2.24, 2.45) is 0 Å². The van der Waals surface area contributed by atoms with Crippen molar-refractivity contribution in [2.45, 2.75) is 71.1 Å². The first kappa shape index (κ1) is 29.5. The van der Waals surface area contributed by atoms with Gasteiger partial charge >= 0.3 is 18.2 Å². The number of halogens is 3. The summed E-state index contributed by atoms with van der Waals surface area (Å²) in [6.45, 7) is 5.01. The van der Waals surface area contributed by atoms with Crippen LogP contribution >= 0.6 is 0 Å². The van der Waals surface area contributed by atoms with Gasteiger partial charge in [-0.2, -0.15) is 13.2 Å². The summed E-state index contributed by atoms with van der Waals surface area (Å²) in [5.74, 6) is -0.469. The second kappa shape index (κ2) is 16.2. The van der Waals surface area contributed by atoms with Gasteiger partial charge in [0.05, 0.1) is 13.2 Å². The molecule has 10 heteroatoms. The average Bonchev–Trinajstić information content (AvgIpc) is 2.77. The van der Waals surface area contributed by atoms with Gasteiger partial charge in [-0.3, -0.25) is 0 Å². The van der Waals surface area contributed by atoms with Gasteiger partial charge in [-0.25, -0.2) is 9.59 Å². The quantitative estimate of drug-likeness (QED) is 0.291. The first-order valence-electron chi connectivity index (χ1n) is 11.7. The van der Waals surface area contributed by atoms with Crippen molar-refractivity contribution in [1.29, 1.82) is 0 Å². The molecule has 0 aliphatic rings. The normalized spacial score (nSPS) is 12.3. The molecule has 7 nitrogen and oxygen atoms in total. The summed E-state index contributed by atoms with van der Waals surface area (Å²) >= 11 is 0. The van der Waals surface area contributed by atoms with E-state index in [-0.39, 0.29) is 26.0 Å². The fraction of sp³-hybridized carbons (Fsp3) is 0.667. The van der Waals surface area contributed by atoms with Crippen LogP contribution < -0.4 is 4.74 Å². The molecule has 1 rings (SSSR count). The molecule has 1 aromatic rings. The van der Waals surface area contributed by atoms with Crippen LogP contribution in [0.4, 0.5) is 18.0 Å². The molecule has 0 aliphatic carbocycles. The number of hydrogen-bond acceptors (Lipinski definition) is 5. The molecule has 0 bridgehead atoms. The summed E-state index contributed by atoms with van der Waals surface area (Å²) in [5, 5.41) is 9.19. The Morgan fingerprint density at radius 1 is 1.00 bits per heavy atom. The molecule has 1 atom stereocenters. The monoisotopic (exact) mass is 491 g/mol. The number of alkyl halides is 3. The molecule has 0 saturated heterocycles. The molecule has 0 aromatic heterocycles. The van der Waals surface area contributed by atoms with Crippen LogP contribution in [0.25, 0.3) is 0 Å². The number of carboxylic acids is 1. The molecule has 34 heavy (non-hydrogen) atoms. The fourth-order valence-corrected chi connectivity index (χ4v) is 3.12. The van der Waals surface area contributed by atoms with Crippen molar-refractivity contribution in [1.82, 2.24) is 4.90 Å². The van der Waals surface area contributed by atoms with Crippen LogP contribution in [0.2, 0.25) is 0 Å². The number of amides is 1. The summed E-state index contributed by atoms with van der Waals surface area (Å²) in [5.41, 5.74) is 0.785. The van der Waals surface area contributed by atoms with Gasteiger partial charge in [-0.1, -0.05) is 31.9 Å². The third kappa shape index (κ3) is 13.3. The van der Waals surface area contributed by atoms with E-state index in [2.05, 4.69) is 0 Å². The topological polar surface area (TPSA) is 85.3 Å². The lowest BCUT2D eigenvalue weighted by molar-refractivity contribution is -0.150. The summed E-state index contributed by atoms with van der Waals surface area (Å²) in [7, 11) is 0. The SMILES string of the molecule is CCCCOC(=O)N(CCCCCC(F)(F)F)CCOc1ccc(CC(OCC)C(=O)O)cc1. The zero-order valence-electron chi connectivity index (χ0n) is 19.9. The summed E-state index contributed by atoms with van der Waals surface area (Å²) in [6, 6.07) is 6.92. The number of benzene rings is 1. The van der Waals surface area contributed by atoms with Gasteiger partial charge in [0.1, 0.15) is 12.4 Å². The van der Waals surface area contributed by atoms with E-state index in [9.17, 15) is 27.9 Å². The zero-order chi connectivity index (χ0) is 25.4. The van der Waals surface area contributed by atoms with Gasteiger partial charge in [0.15, 0.2) is 6.10 Å². The number of nitrogens with zero attached hydrogens (tertiary/aromatic N) is 1. The van der Waals surface area contributed by atoms with Crippen LogP contribution in [-0.2, 0) is 20.7 Å². The fourth-order valence-electron chi connectivity index (χ4n) is 3.12. The molecule has 0 heterocycles. The van der Waals surface area contributed by atoms with Crippen LogP contribution in [0.15, 0.2) is 24.3 Å².